The van der Waals surface area contributed by atoms with Crippen molar-refractivity contribution in [2.75, 3.05) is 0 Å². The second kappa shape index (κ2) is 3.68. The molecule has 0 aliphatic heterocycles. The van der Waals surface area contributed by atoms with E-state index < -0.39 is 0 Å². The van der Waals surface area contributed by atoms with Gasteiger partial charge in [0.05, 0.1) is 10.2 Å². The van der Waals surface area contributed by atoms with Crippen molar-refractivity contribution in [2.24, 2.45) is 0 Å². The van der Waals surface area contributed by atoms with Gasteiger partial charge in [-0.15, -0.1) is 11.3 Å². The molecule has 0 aliphatic carbocycles. The number of hydrogen-bond donors (Lipinski definition) is 1. The van der Waals surface area contributed by atoms with Crippen LogP contribution in [0.1, 0.15) is 26.3 Å². The number of aromatic nitrogens is 1. The predicted molar refractivity (Wildman–Crippen MR) is 73.4 cm³/mol. The van der Waals surface area contributed by atoms with Crippen LogP contribution < -0.4 is 0 Å². The van der Waals surface area contributed by atoms with E-state index in [1.54, 1.807) is 11.3 Å². The maximum absolute atomic E-state index is 5.15. The molecule has 0 aliphatic rings. The standard InChI is InChI=1S/C11H12BrNS2/c1-11(2,3)6-4-7(12)9-8(5-6)15-10(14)13-9/h4-5H,1-3H3,(H,13,14). The summed E-state index contributed by atoms with van der Waals surface area (Å²) in [6.07, 6.45) is 0. The number of rotatable bonds is 0. The number of benzene rings is 1. The fourth-order valence-corrected chi connectivity index (χ4v) is 3.31. The van der Waals surface area contributed by atoms with E-state index >= 15 is 0 Å². The molecule has 1 N–H and O–H groups in total. The third-order valence-corrected chi connectivity index (χ3v) is 4.16. The van der Waals surface area contributed by atoms with Crippen LogP contribution in [0.15, 0.2) is 16.6 Å². The van der Waals surface area contributed by atoms with Crippen LogP contribution in [0.2, 0.25) is 0 Å². The lowest BCUT2D eigenvalue weighted by Crippen LogP contribution is -2.10. The molecule has 0 atom stereocenters. The lowest BCUT2D eigenvalue weighted by Gasteiger charge is -2.19. The number of thiazole rings is 1. The lowest BCUT2D eigenvalue weighted by atomic mass is 9.87. The van der Waals surface area contributed by atoms with Gasteiger partial charge in [0.1, 0.15) is 0 Å². The fourth-order valence-electron chi connectivity index (χ4n) is 1.44. The maximum Gasteiger partial charge on any atom is 0.159 e. The Kier molecular flexibility index (Phi) is 2.77. The van der Waals surface area contributed by atoms with Crippen LogP contribution in [-0.2, 0) is 5.41 Å². The average Bonchev–Trinajstić information content (AvgIpc) is 2.44. The molecule has 0 amide bonds. The van der Waals surface area contributed by atoms with E-state index in [0.717, 1.165) is 13.9 Å². The number of halogens is 1. The van der Waals surface area contributed by atoms with Crippen molar-refractivity contribution >= 4 is 49.7 Å². The molecular formula is C11H12BrNS2. The average molecular weight is 302 g/mol. The quantitative estimate of drug-likeness (QED) is 0.676. The molecular weight excluding hydrogens is 290 g/mol. The van der Waals surface area contributed by atoms with E-state index in [1.807, 2.05) is 0 Å². The zero-order chi connectivity index (χ0) is 11.2. The molecule has 80 valence electrons. The summed E-state index contributed by atoms with van der Waals surface area (Å²) in [5, 5.41) is 0. The van der Waals surface area contributed by atoms with Gasteiger partial charge in [0.25, 0.3) is 0 Å². The first-order chi connectivity index (χ1) is 6.88. The van der Waals surface area contributed by atoms with Crippen LogP contribution in [0, 0.1) is 3.95 Å². The van der Waals surface area contributed by atoms with Gasteiger partial charge in [-0.1, -0.05) is 20.8 Å². The summed E-state index contributed by atoms with van der Waals surface area (Å²) in [5.74, 6) is 0. The number of H-pyrrole nitrogens is 1. The van der Waals surface area contributed by atoms with Gasteiger partial charge in [-0.2, -0.15) is 0 Å². The molecule has 1 nitrogen and oxygen atoms in total. The molecule has 2 aromatic rings. The molecule has 2 rings (SSSR count). The summed E-state index contributed by atoms with van der Waals surface area (Å²) in [6.45, 7) is 6.64. The molecule has 1 aromatic heterocycles. The van der Waals surface area contributed by atoms with Crippen LogP contribution >= 0.6 is 39.5 Å². The normalized spacial score (nSPS) is 12.3. The molecule has 4 heteroatoms. The zero-order valence-electron chi connectivity index (χ0n) is 8.85. The third-order valence-electron chi connectivity index (χ3n) is 2.35. The third kappa shape index (κ3) is 2.17. The van der Waals surface area contributed by atoms with Crippen molar-refractivity contribution in [3.05, 3.63) is 26.1 Å². The van der Waals surface area contributed by atoms with Crippen LogP contribution in [0.4, 0.5) is 0 Å². The maximum atomic E-state index is 5.15. The first-order valence-electron chi connectivity index (χ1n) is 4.71. The Morgan fingerprint density at radius 3 is 2.60 bits per heavy atom. The molecule has 0 unspecified atom stereocenters. The van der Waals surface area contributed by atoms with E-state index in [0.29, 0.717) is 0 Å². The van der Waals surface area contributed by atoms with E-state index in [9.17, 15) is 0 Å². The summed E-state index contributed by atoms with van der Waals surface area (Å²) >= 11 is 10.4. The number of fused-ring (bicyclic) bond motifs is 1. The highest BCUT2D eigenvalue weighted by Gasteiger charge is 2.16. The minimum Gasteiger partial charge on any atom is -0.336 e. The summed E-state index contributed by atoms with van der Waals surface area (Å²) in [4.78, 5) is 3.19. The van der Waals surface area contributed by atoms with Crippen molar-refractivity contribution in [2.45, 2.75) is 26.2 Å². The molecule has 0 saturated carbocycles. The first kappa shape index (κ1) is 11.3. The molecule has 0 radical (unpaired) electrons. The molecule has 0 spiro atoms. The van der Waals surface area contributed by atoms with Crippen LogP contribution in [-0.4, -0.2) is 4.98 Å². The van der Waals surface area contributed by atoms with E-state index in [2.05, 4.69) is 53.8 Å². The molecule has 0 saturated heterocycles. The minimum atomic E-state index is 0.169. The predicted octanol–water partition coefficient (Wildman–Crippen LogP) is 5.02. The van der Waals surface area contributed by atoms with Gasteiger partial charge in [-0.25, -0.2) is 0 Å². The van der Waals surface area contributed by atoms with E-state index in [-0.39, 0.29) is 5.41 Å². The van der Waals surface area contributed by atoms with Crippen molar-refractivity contribution in [3.63, 3.8) is 0 Å². The summed E-state index contributed by atoms with van der Waals surface area (Å²) < 4.78 is 3.15. The smallest absolute Gasteiger partial charge is 0.159 e. The summed E-state index contributed by atoms with van der Waals surface area (Å²) in [5.41, 5.74) is 2.60. The molecule has 1 heterocycles. The Bertz CT molecular complexity index is 560. The van der Waals surface area contributed by atoms with E-state index in [1.165, 1.54) is 10.3 Å². The van der Waals surface area contributed by atoms with Crippen LogP contribution in [0.25, 0.3) is 10.2 Å². The van der Waals surface area contributed by atoms with Gasteiger partial charge >= 0.3 is 0 Å². The van der Waals surface area contributed by atoms with Gasteiger partial charge in [0.15, 0.2) is 3.95 Å². The number of nitrogens with one attached hydrogen (secondary N) is 1. The fraction of sp³-hybridized carbons (Fsp3) is 0.364. The SMILES string of the molecule is CC(C)(C)c1cc(Br)c2[nH]c(=S)sc2c1. The minimum absolute atomic E-state index is 0.169. The Labute approximate surface area is 107 Å². The molecule has 0 fully saturated rings. The largest absolute Gasteiger partial charge is 0.336 e. The highest BCUT2D eigenvalue weighted by molar-refractivity contribution is 9.10. The van der Waals surface area contributed by atoms with Crippen LogP contribution in [0.5, 0.6) is 0 Å². The van der Waals surface area contributed by atoms with Crippen molar-refractivity contribution in [1.29, 1.82) is 0 Å². The highest BCUT2D eigenvalue weighted by atomic mass is 79.9. The highest BCUT2D eigenvalue weighted by Crippen LogP contribution is 2.33. The Hall–Kier alpha value is -0.190. The second-order valence-corrected chi connectivity index (χ2v) is 7.17. The lowest BCUT2D eigenvalue weighted by molar-refractivity contribution is 0.591. The summed E-state index contributed by atoms with van der Waals surface area (Å²) in [6, 6.07) is 4.39. The monoisotopic (exact) mass is 301 g/mol. The van der Waals surface area contributed by atoms with Gasteiger partial charge < -0.3 is 4.98 Å². The van der Waals surface area contributed by atoms with Gasteiger partial charge in [-0.3, -0.25) is 0 Å². The van der Waals surface area contributed by atoms with Gasteiger partial charge in [0, 0.05) is 4.47 Å². The van der Waals surface area contributed by atoms with Crippen molar-refractivity contribution < 1.29 is 0 Å². The first-order valence-corrected chi connectivity index (χ1v) is 6.72. The number of hydrogen-bond acceptors (Lipinski definition) is 2. The Morgan fingerprint density at radius 1 is 1.33 bits per heavy atom. The van der Waals surface area contributed by atoms with Crippen molar-refractivity contribution in [3.8, 4) is 0 Å². The topological polar surface area (TPSA) is 15.8 Å². The number of aromatic amines is 1. The molecule has 0 bridgehead atoms. The Balaban J connectivity index is 2.78. The summed E-state index contributed by atoms with van der Waals surface area (Å²) in [7, 11) is 0. The second-order valence-electron chi connectivity index (χ2n) is 4.60. The zero-order valence-corrected chi connectivity index (χ0v) is 12.1. The molecule has 1 aromatic carbocycles. The van der Waals surface area contributed by atoms with E-state index in [4.69, 9.17) is 12.2 Å². The van der Waals surface area contributed by atoms with Crippen LogP contribution in [0.3, 0.4) is 0 Å². The van der Waals surface area contributed by atoms with Gasteiger partial charge in [0.2, 0.25) is 0 Å². The van der Waals surface area contributed by atoms with Crippen molar-refractivity contribution in [1.82, 2.24) is 4.98 Å². The van der Waals surface area contributed by atoms with Gasteiger partial charge in [-0.05, 0) is 51.3 Å². The Morgan fingerprint density at radius 2 is 2.00 bits per heavy atom. The molecule has 15 heavy (non-hydrogen) atoms.